The summed E-state index contributed by atoms with van der Waals surface area (Å²) in [6.45, 7) is 1.95. The molecule has 0 spiro atoms. The van der Waals surface area contributed by atoms with Gasteiger partial charge in [0, 0.05) is 12.5 Å². The number of fused-ring (bicyclic) bond motifs is 3. The molecule has 2 unspecified atom stereocenters. The number of alkyl carbamates (subject to hydrolysis) is 1. The molecule has 33 heavy (non-hydrogen) atoms. The second-order valence-corrected chi connectivity index (χ2v) is 8.28. The molecule has 6 nitrogen and oxygen atoms in total. The number of halogens is 1. The van der Waals surface area contributed by atoms with Crippen molar-refractivity contribution in [3.8, 4) is 11.1 Å². The first-order valence-electron chi connectivity index (χ1n) is 10.9. The van der Waals surface area contributed by atoms with Gasteiger partial charge in [-0.3, -0.25) is 0 Å². The molecule has 7 heteroatoms. The van der Waals surface area contributed by atoms with Crippen molar-refractivity contribution in [3.05, 3.63) is 88.7 Å². The minimum Gasteiger partial charge on any atom is -0.449 e. The second-order valence-electron chi connectivity index (χ2n) is 8.28. The molecule has 1 amide bonds. The number of aliphatic hydroxyl groups is 2. The molecule has 2 atom stereocenters. The number of carbonyl (C=O) groups excluding carboxylic acids is 1. The van der Waals surface area contributed by atoms with Crippen molar-refractivity contribution in [2.24, 2.45) is 0 Å². The van der Waals surface area contributed by atoms with Crippen LogP contribution in [0.4, 0.5) is 14.9 Å². The van der Waals surface area contributed by atoms with Gasteiger partial charge in [0.1, 0.15) is 18.5 Å². The minimum atomic E-state index is -1.30. The quantitative estimate of drug-likeness (QED) is 0.407. The van der Waals surface area contributed by atoms with Gasteiger partial charge in [-0.15, -0.1) is 0 Å². The summed E-state index contributed by atoms with van der Waals surface area (Å²) >= 11 is 0. The normalized spacial score (nSPS) is 14.3. The van der Waals surface area contributed by atoms with Crippen LogP contribution in [0, 0.1) is 12.7 Å². The van der Waals surface area contributed by atoms with Gasteiger partial charge in [-0.1, -0.05) is 48.5 Å². The van der Waals surface area contributed by atoms with E-state index in [-0.39, 0.29) is 36.7 Å². The van der Waals surface area contributed by atoms with E-state index in [1.165, 1.54) is 6.07 Å². The van der Waals surface area contributed by atoms with E-state index in [9.17, 15) is 19.4 Å². The second kappa shape index (κ2) is 9.60. The molecule has 4 rings (SSSR count). The SMILES string of the molecule is Cc1cc(N)c(F)cc1C(O)C(O)CCNC(=O)OCC1c2ccccc2-c2ccccc21. The minimum absolute atomic E-state index is 0.0186. The van der Waals surface area contributed by atoms with E-state index >= 15 is 0 Å². The average molecular weight is 451 g/mol. The van der Waals surface area contributed by atoms with E-state index in [4.69, 9.17) is 10.5 Å². The molecular weight excluding hydrogens is 423 g/mol. The number of hydrogen-bond acceptors (Lipinski definition) is 5. The molecule has 172 valence electrons. The van der Waals surface area contributed by atoms with E-state index in [1.54, 1.807) is 6.92 Å². The Bertz CT molecular complexity index is 1120. The Labute approximate surface area is 191 Å². The first-order chi connectivity index (χ1) is 15.9. The van der Waals surface area contributed by atoms with Crippen molar-refractivity contribution in [2.75, 3.05) is 18.9 Å². The summed E-state index contributed by atoms with van der Waals surface area (Å²) in [6.07, 6.45) is -3.03. The van der Waals surface area contributed by atoms with Crippen LogP contribution in [0.1, 0.15) is 40.7 Å². The summed E-state index contributed by atoms with van der Waals surface area (Å²) in [5, 5.41) is 23.3. The number of aliphatic hydroxyl groups excluding tert-OH is 2. The summed E-state index contributed by atoms with van der Waals surface area (Å²) < 4.78 is 19.2. The van der Waals surface area contributed by atoms with Crippen LogP contribution in [-0.2, 0) is 4.74 Å². The summed E-state index contributed by atoms with van der Waals surface area (Å²) in [5.41, 5.74) is 10.9. The Morgan fingerprint density at radius 3 is 2.33 bits per heavy atom. The van der Waals surface area contributed by atoms with E-state index < -0.39 is 24.1 Å². The maximum Gasteiger partial charge on any atom is 0.407 e. The fraction of sp³-hybridized carbons (Fsp3) is 0.269. The first kappa shape index (κ1) is 22.8. The van der Waals surface area contributed by atoms with Gasteiger partial charge in [-0.25, -0.2) is 9.18 Å². The Balaban J connectivity index is 1.30. The zero-order valence-electron chi connectivity index (χ0n) is 18.3. The molecule has 0 heterocycles. The van der Waals surface area contributed by atoms with Crippen molar-refractivity contribution in [1.82, 2.24) is 5.32 Å². The molecule has 5 N–H and O–H groups in total. The van der Waals surface area contributed by atoms with Crippen molar-refractivity contribution >= 4 is 11.8 Å². The fourth-order valence-corrected chi connectivity index (χ4v) is 4.37. The predicted octanol–water partition coefficient (Wildman–Crippen LogP) is 4.04. The molecule has 0 aliphatic heterocycles. The summed E-state index contributed by atoms with van der Waals surface area (Å²) in [4.78, 5) is 12.2. The molecular formula is C26H27FN2O4. The molecule has 3 aromatic carbocycles. The van der Waals surface area contributed by atoms with Gasteiger partial charge in [0.05, 0.1) is 11.8 Å². The number of aryl methyl sites for hydroxylation is 1. The number of nitrogen functional groups attached to an aromatic ring is 1. The molecule has 0 bridgehead atoms. The number of ether oxygens (including phenoxy) is 1. The highest BCUT2D eigenvalue weighted by Crippen LogP contribution is 2.44. The molecule has 0 radical (unpaired) electrons. The van der Waals surface area contributed by atoms with Crippen molar-refractivity contribution < 1.29 is 24.1 Å². The van der Waals surface area contributed by atoms with Gasteiger partial charge in [0.25, 0.3) is 0 Å². The summed E-state index contributed by atoms with van der Waals surface area (Å²) in [5.74, 6) is -0.697. The van der Waals surface area contributed by atoms with Crippen LogP contribution in [0.2, 0.25) is 0 Å². The number of nitrogens with one attached hydrogen (secondary N) is 1. The topological polar surface area (TPSA) is 105 Å². The van der Waals surface area contributed by atoms with Gasteiger partial charge >= 0.3 is 6.09 Å². The Morgan fingerprint density at radius 2 is 1.70 bits per heavy atom. The maximum absolute atomic E-state index is 13.7. The lowest BCUT2D eigenvalue weighted by Crippen LogP contribution is -2.31. The first-order valence-corrected chi connectivity index (χ1v) is 10.9. The Kier molecular flexibility index (Phi) is 6.62. The standard InChI is InChI=1S/C26H27FN2O4/c1-15-12-23(28)22(27)13-20(15)25(31)24(30)10-11-29-26(32)33-14-21-18-8-4-2-6-16(18)17-7-3-5-9-19(17)21/h2-9,12-13,21,24-25,30-31H,10-11,14,28H2,1H3,(H,29,32). The van der Waals surface area contributed by atoms with Gasteiger partial charge in [0.15, 0.2) is 0 Å². The van der Waals surface area contributed by atoms with Gasteiger partial charge in [-0.2, -0.15) is 0 Å². The summed E-state index contributed by atoms with van der Waals surface area (Å²) in [7, 11) is 0. The van der Waals surface area contributed by atoms with Crippen molar-refractivity contribution in [2.45, 2.75) is 31.5 Å². The van der Waals surface area contributed by atoms with Crippen LogP contribution in [0.25, 0.3) is 11.1 Å². The Morgan fingerprint density at radius 1 is 1.09 bits per heavy atom. The lowest BCUT2D eigenvalue weighted by Gasteiger charge is -2.21. The maximum atomic E-state index is 13.7. The molecule has 0 aromatic heterocycles. The zero-order valence-corrected chi connectivity index (χ0v) is 18.3. The van der Waals surface area contributed by atoms with E-state index in [1.807, 2.05) is 36.4 Å². The third kappa shape index (κ3) is 4.69. The molecule has 0 saturated carbocycles. The van der Waals surface area contributed by atoms with Crippen LogP contribution in [0.5, 0.6) is 0 Å². The number of carbonyl (C=O) groups is 1. The van der Waals surface area contributed by atoms with Gasteiger partial charge < -0.3 is 26.0 Å². The third-order valence-electron chi connectivity index (χ3n) is 6.12. The number of nitrogens with two attached hydrogens (primary N) is 1. The number of rotatable bonds is 7. The van der Waals surface area contributed by atoms with E-state index in [2.05, 4.69) is 17.4 Å². The molecule has 1 aliphatic carbocycles. The molecule has 0 saturated heterocycles. The molecule has 1 aliphatic rings. The number of amides is 1. The lowest BCUT2D eigenvalue weighted by molar-refractivity contribution is 0.0131. The highest BCUT2D eigenvalue weighted by atomic mass is 19.1. The lowest BCUT2D eigenvalue weighted by atomic mass is 9.97. The summed E-state index contributed by atoms with van der Waals surface area (Å²) in [6, 6.07) is 18.7. The molecule has 0 fully saturated rings. The van der Waals surface area contributed by atoms with Crippen molar-refractivity contribution in [1.29, 1.82) is 0 Å². The van der Waals surface area contributed by atoms with Gasteiger partial charge in [0.2, 0.25) is 0 Å². The largest absolute Gasteiger partial charge is 0.449 e. The third-order valence-corrected chi connectivity index (χ3v) is 6.12. The van der Waals surface area contributed by atoms with Crippen molar-refractivity contribution in [3.63, 3.8) is 0 Å². The van der Waals surface area contributed by atoms with Crippen LogP contribution < -0.4 is 11.1 Å². The number of benzene rings is 3. The number of hydrogen-bond donors (Lipinski definition) is 4. The average Bonchev–Trinajstić information content (AvgIpc) is 3.13. The van der Waals surface area contributed by atoms with E-state index in [0.29, 0.717) is 5.56 Å². The van der Waals surface area contributed by atoms with Crippen LogP contribution in [0.15, 0.2) is 60.7 Å². The number of anilines is 1. The predicted molar refractivity (Wildman–Crippen MR) is 124 cm³/mol. The highest BCUT2D eigenvalue weighted by Gasteiger charge is 2.29. The van der Waals surface area contributed by atoms with Crippen LogP contribution >= 0.6 is 0 Å². The smallest absolute Gasteiger partial charge is 0.407 e. The Hall–Kier alpha value is -3.42. The van der Waals surface area contributed by atoms with Gasteiger partial charge in [-0.05, 0) is 58.9 Å². The highest BCUT2D eigenvalue weighted by molar-refractivity contribution is 5.79. The zero-order chi connectivity index (χ0) is 23.5. The monoisotopic (exact) mass is 450 g/mol. The fourth-order valence-electron chi connectivity index (χ4n) is 4.37. The van der Waals surface area contributed by atoms with E-state index in [0.717, 1.165) is 28.3 Å². The molecule has 3 aromatic rings. The van der Waals surface area contributed by atoms with Crippen LogP contribution in [-0.4, -0.2) is 35.6 Å². The van der Waals surface area contributed by atoms with Crippen LogP contribution in [0.3, 0.4) is 0 Å².